The van der Waals surface area contributed by atoms with E-state index in [1.54, 1.807) is 0 Å². The van der Waals surface area contributed by atoms with Crippen LogP contribution in [0.25, 0.3) is 0 Å². The van der Waals surface area contributed by atoms with Gasteiger partial charge in [-0.05, 0) is 32.9 Å². The normalized spacial score (nSPS) is 15.7. The molecule has 0 aliphatic heterocycles. The number of nitrogens with one attached hydrogen (secondary N) is 1. The molecular formula is C11H20N2. The molecule has 0 radical (unpaired) electrons. The molecular weight excluding hydrogens is 160 g/mol. The van der Waals surface area contributed by atoms with E-state index in [0.29, 0.717) is 0 Å². The molecule has 0 saturated carbocycles. The van der Waals surface area contributed by atoms with Gasteiger partial charge in [-0.2, -0.15) is 0 Å². The van der Waals surface area contributed by atoms with Crippen LogP contribution in [0.2, 0.25) is 0 Å². The van der Waals surface area contributed by atoms with Crippen molar-refractivity contribution in [3.63, 3.8) is 0 Å². The summed E-state index contributed by atoms with van der Waals surface area (Å²) in [5.74, 6) is 0. The average molecular weight is 180 g/mol. The Kier molecular flexibility index (Phi) is 4.61. The quantitative estimate of drug-likeness (QED) is 0.693. The highest BCUT2D eigenvalue weighted by molar-refractivity contribution is 5.21. The predicted molar refractivity (Wildman–Crippen MR) is 57.6 cm³/mol. The van der Waals surface area contributed by atoms with E-state index in [2.05, 4.69) is 35.4 Å². The minimum atomic E-state index is 1.05. The molecule has 0 spiro atoms. The maximum absolute atomic E-state index is 3.18. The van der Waals surface area contributed by atoms with Gasteiger partial charge >= 0.3 is 0 Å². The summed E-state index contributed by atoms with van der Waals surface area (Å²) in [5, 5.41) is 3.18. The topological polar surface area (TPSA) is 15.3 Å². The molecule has 0 unspecified atom stereocenters. The summed E-state index contributed by atoms with van der Waals surface area (Å²) in [7, 11) is 2.00. The number of likely N-dealkylation sites (N-methyl/N-ethyl adjacent to an activating group) is 2. The van der Waals surface area contributed by atoms with Crippen molar-refractivity contribution in [3.05, 3.63) is 23.9 Å². The lowest BCUT2D eigenvalue weighted by molar-refractivity contribution is 0.370. The maximum Gasteiger partial charge on any atom is 0.0322 e. The zero-order valence-corrected chi connectivity index (χ0v) is 8.71. The van der Waals surface area contributed by atoms with Gasteiger partial charge in [0.1, 0.15) is 0 Å². The van der Waals surface area contributed by atoms with Crippen LogP contribution >= 0.6 is 0 Å². The van der Waals surface area contributed by atoms with Gasteiger partial charge in [-0.3, -0.25) is 0 Å². The minimum Gasteiger partial charge on any atom is -0.371 e. The van der Waals surface area contributed by atoms with Gasteiger partial charge in [-0.15, -0.1) is 0 Å². The second-order valence-corrected chi connectivity index (χ2v) is 3.29. The van der Waals surface area contributed by atoms with Crippen LogP contribution < -0.4 is 5.32 Å². The summed E-state index contributed by atoms with van der Waals surface area (Å²) in [6.07, 6.45) is 9.23. The minimum absolute atomic E-state index is 1.05. The Bertz CT molecular complexity index is 194. The van der Waals surface area contributed by atoms with E-state index in [1.165, 1.54) is 18.5 Å². The summed E-state index contributed by atoms with van der Waals surface area (Å²) in [6, 6.07) is 0. The molecule has 0 heterocycles. The Morgan fingerprint density at radius 2 is 2.31 bits per heavy atom. The Hall–Kier alpha value is -0.760. The molecule has 0 amide bonds. The summed E-state index contributed by atoms with van der Waals surface area (Å²) >= 11 is 0. The van der Waals surface area contributed by atoms with E-state index < -0.39 is 0 Å². The van der Waals surface area contributed by atoms with Crippen LogP contribution in [0.4, 0.5) is 0 Å². The molecule has 0 saturated heterocycles. The van der Waals surface area contributed by atoms with Crippen LogP contribution in [0.5, 0.6) is 0 Å². The molecule has 2 nitrogen and oxygen atoms in total. The molecule has 1 rings (SSSR count). The fourth-order valence-electron chi connectivity index (χ4n) is 1.55. The van der Waals surface area contributed by atoms with Crippen LogP contribution in [0, 0.1) is 0 Å². The second-order valence-electron chi connectivity index (χ2n) is 3.29. The number of allylic oxidation sites excluding steroid dienone is 3. The zero-order chi connectivity index (χ0) is 9.52. The smallest absolute Gasteiger partial charge is 0.0322 e. The van der Waals surface area contributed by atoms with E-state index in [-0.39, 0.29) is 0 Å². The lowest BCUT2D eigenvalue weighted by atomic mass is 10.1. The van der Waals surface area contributed by atoms with E-state index in [9.17, 15) is 0 Å². The first-order valence-corrected chi connectivity index (χ1v) is 5.14. The Balaban J connectivity index is 2.44. The van der Waals surface area contributed by atoms with Crippen LogP contribution in [-0.4, -0.2) is 31.6 Å². The third-order valence-electron chi connectivity index (χ3n) is 2.35. The van der Waals surface area contributed by atoms with Crippen molar-refractivity contribution in [1.29, 1.82) is 0 Å². The van der Waals surface area contributed by atoms with Crippen LogP contribution in [0.3, 0.4) is 0 Å². The first-order chi connectivity index (χ1) is 6.38. The maximum atomic E-state index is 3.18. The van der Waals surface area contributed by atoms with Crippen LogP contribution in [0.1, 0.15) is 19.8 Å². The highest BCUT2D eigenvalue weighted by Crippen LogP contribution is 2.13. The predicted octanol–water partition coefficient (Wildman–Crippen LogP) is 1.76. The lowest BCUT2D eigenvalue weighted by Crippen LogP contribution is -2.29. The van der Waals surface area contributed by atoms with Crippen LogP contribution in [-0.2, 0) is 0 Å². The van der Waals surface area contributed by atoms with Crippen molar-refractivity contribution in [3.8, 4) is 0 Å². The largest absolute Gasteiger partial charge is 0.371 e. The van der Waals surface area contributed by atoms with Gasteiger partial charge < -0.3 is 10.2 Å². The second kappa shape index (κ2) is 5.81. The zero-order valence-electron chi connectivity index (χ0n) is 8.71. The van der Waals surface area contributed by atoms with Gasteiger partial charge in [0, 0.05) is 25.3 Å². The third-order valence-corrected chi connectivity index (χ3v) is 2.35. The number of hydrogen-bond acceptors (Lipinski definition) is 2. The molecule has 13 heavy (non-hydrogen) atoms. The Labute approximate surface area is 81.3 Å². The molecule has 2 heteroatoms. The van der Waals surface area contributed by atoms with E-state index in [1.807, 2.05) is 7.05 Å². The highest BCUT2D eigenvalue weighted by Gasteiger charge is 2.05. The van der Waals surface area contributed by atoms with Gasteiger partial charge in [0.15, 0.2) is 0 Å². The van der Waals surface area contributed by atoms with Gasteiger partial charge in [0.2, 0.25) is 0 Å². The summed E-state index contributed by atoms with van der Waals surface area (Å²) < 4.78 is 0. The fourth-order valence-corrected chi connectivity index (χ4v) is 1.55. The van der Waals surface area contributed by atoms with Crippen molar-refractivity contribution in [2.24, 2.45) is 0 Å². The molecule has 1 aliphatic carbocycles. The molecule has 0 aromatic carbocycles. The first kappa shape index (κ1) is 10.3. The Morgan fingerprint density at radius 1 is 1.46 bits per heavy atom. The molecule has 74 valence electrons. The van der Waals surface area contributed by atoms with Crippen molar-refractivity contribution < 1.29 is 0 Å². The molecule has 0 bridgehead atoms. The van der Waals surface area contributed by atoms with Crippen molar-refractivity contribution >= 4 is 0 Å². The van der Waals surface area contributed by atoms with E-state index in [0.717, 1.165) is 19.6 Å². The van der Waals surface area contributed by atoms with Crippen molar-refractivity contribution in [2.75, 3.05) is 26.7 Å². The van der Waals surface area contributed by atoms with Crippen molar-refractivity contribution in [1.82, 2.24) is 10.2 Å². The molecule has 0 fully saturated rings. The first-order valence-electron chi connectivity index (χ1n) is 5.14. The fraction of sp³-hybridized carbons (Fsp3) is 0.636. The SMILES string of the molecule is CCN(CCNC)C1=CCCC=C1. The summed E-state index contributed by atoms with van der Waals surface area (Å²) in [6.45, 7) is 5.46. The van der Waals surface area contributed by atoms with E-state index in [4.69, 9.17) is 0 Å². The lowest BCUT2D eigenvalue weighted by Gasteiger charge is -2.25. The average Bonchev–Trinajstić information content (AvgIpc) is 2.21. The molecule has 1 aliphatic rings. The van der Waals surface area contributed by atoms with Crippen molar-refractivity contribution in [2.45, 2.75) is 19.8 Å². The Morgan fingerprint density at radius 3 is 2.85 bits per heavy atom. The molecule has 0 aromatic heterocycles. The molecule has 1 N–H and O–H groups in total. The van der Waals surface area contributed by atoms with Gasteiger partial charge in [-0.1, -0.05) is 12.2 Å². The van der Waals surface area contributed by atoms with E-state index >= 15 is 0 Å². The van der Waals surface area contributed by atoms with Gasteiger partial charge in [0.25, 0.3) is 0 Å². The summed E-state index contributed by atoms with van der Waals surface area (Å²) in [4.78, 5) is 2.41. The van der Waals surface area contributed by atoms with Gasteiger partial charge in [0.05, 0.1) is 0 Å². The third kappa shape index (κ3) is 3.23. The van der Waals surface area contributed by atoms with Crippen LogP contribution in [0.15, 0.2) is 23.9 Å². The number of hydrogen-bond donors (Lipinski definition) is 1. The number of nitrogens with zero attached hydrogens (tertiary/aromatic N) is 1. The standard InChI is InChI=1S/C11H20N2/c1-3-13(10-9-12-2)11-7-5-4-6-8-11/h5,7-8,12H,3-4,6,9-10H2,1-2H3. The number of rotatable bonds is 5. The molecule has 0 atom stereocenters. The molecule has 0 aromatic rings. The highest BCUT2D eigenvalue weighted by atomic mass is 15.1. The van der Waals surface area contributed by atoms with Gasteiger partial charge in [-0.25, -0.2) is 0 Å². The monoisotopic (exact) mass is 180 g/mol. The summed E-state index contributed by atoms with van der Waals surface area (Å²) in [5.41, 5.74) is 1.39.